The third-order valence-corrected chi connectivity index (χ3v) is 11.8. The molecule has 0 fully saturated rings. The second-order valence-corrected chi connectivity index (χ2v) is 14.4. The van der Waals surface area contributed by atoms with E-state index in [1.807, 2.05) is 0 Å². The van der Waals surface area contributed by atoms with Crippen molar-refractivity contribution in [2.75, 3.05) is 27.9 Å². The summed E-state index contributed by atoms with van der Waals surface area (Å²) in [4.78, 5) is 3.74. The molecule has 0 radical (unpaired) electrons. The van der Waals surface area contributed by atoms with Gasteiger partial charge in [0.2, 0.25) is 0 Å². The topological polar surface area (TPSA) is 39.7 Å². The van der Waals surface area contributed by atoms with Crippen molar-refractivity contribution in [2.45, 2.75) is 51.4 Å². The van der Waals surface area contributed by atoms with Crippen LogP contribution in [0.25, 0.3) is 0 Å². The van der Waals surface area contributed by atoms with Crippen LogP contribution in [0.5, 0.6) is 0 Å². The Morgan fingerprint density at radius 1 is 0.944 bits per heavy atom. The van der Waals surface area contributed by atoms with Crippen LogP contribution >= 0.6 is 0 Å². The van der Waals surface area contributed by atoms with Crippen molar-refractivity contribution in [3.8, 4) is 0 Å². The van der Waals surface area contributed by atoms with E-state index in [0.29, 0.717) is 5.04 Å². The molecule has 0 heterocycles. The van der Waals surface area contributed by atoms with E-state index >= 15 is 0 Å². The quantitative estimate of drug-likeness (QED) is 0.552. The molecule has 0 aromatic carbocycles. The van der Waals surface area contributed by atoms with Gasteiger partial charge in [-0.15, -0.1) is 0 Å². The van der Waals surface area contributed by atoms with Gasteiger partial charge in [0, 0.05) is 27.4 Å². The van der Waals surface area contributed by atoms with Gasteiger partial charge in [-0.25, -0.2) is 0 Å². The van der Waals surface area contributed by atoms with Gasteiger partial charge in [-0.05, 0) is 18.0 Å². The van der Waals surface area contributed by atoms with Gasteiger partial charge in [0.05, 0.1) is 0 Å². The maximum Gasteiger partial charge on any atom is 0.500 e. The second kappa shape index (κ2) is 7.16. The van der Waals surface area contributed by atoms with Crippen molar-refractivity contribution in [1.82, 2.24) is 4.98 Å². The van der Waals surface area contributed by atoms with Crippen molar-refractivity contribution < 1.29 is 13.3 Å². The lowest BCUT2D eigenvalue weighted by Crippen LogP contribution is -2.52. The van der Waals surface area contributed by atoms with Crippen LogP contribution in [0, 0.1) is 0 Å². The monoisotopic (exact) mass is 293 g/mol. The molecule has 0 aromatic heterocycles. The molecule has 0 rings (SSSR count). The first-order valence-corrected chi connectivity index (χ1v) is 11.5. The summed E-state index contributed by atoms with van der Waals surface area (Å²) in [6.07, 6.45) is 1.02. The van der Waals surface area contributed by atoms with Gasteiger partial charge < -0.3 is 18.3 Å². The molecule has 0 aliphatic carbocycles. The minimum absolute atomic E-state index is 0.366. The molecular formula is C12H31NO3Si2. The van der Waals surface area contributed by atoms with Crippen LogP contribution in [-0.2, 0) is 13.3 Å². The number of hydrogen-bond donors (Lipinski definition) is 1. The maximum absolute atomic E-state index is 5.41. The molecule has 0 atom stereocenters. The van der Waals surface area contributed by atoms with Gasteiger partial charge >= 0.3 is 8.80 Å². The molecule has 0 saturated heterocycles. The molecule has 4 nitrogen and oxygen atoms in total. The molecule has 0 bridgehead atoms. The molecule has 110 valence electrons. The smallest absolute Gasteiger partial charge is 0.377 e. The number of rotatable bonds is 8. The van der Waals surface area contributed by atoms with Crippen LogP contribution in [0.2, 0.25) is 24.2 Å². The van der Waals surface area contributed by atoms with E-state index < -0.39 is 17.0 Å². The minimum atomic E-state index is -2.38. The maximum atomic E-state index is 5.41. The van der Waals surface area contributed by atoms with E-state index in [4.69, 9.17) is 13.3 Å². The summed E-state index contributed by atoms with van der Waals surface area (Å²) < 4.78 is 16.2. The molecular weight excluding hydrogens is 262 g/mol. The predicted molar refractivity (Wildman–Crippen MR) is 81.4 cm³/mol. The molecule has 0 aliphatic heterocycles. The van der Waals surface area contributed by atoms with E-state index in [9.17, 15) is 0 Å². The summed E-state index contributed by atoms with van der Waals surface area (Å²) >= 11 is 0. The number of nitrogens with one attached hydrogen (secondary N) is 1. The fraction of sp³-hybridized carbons (Fsp3) is 1.00. The largest absolute Gasteiger partial charge is 0.500 e. The third kappa shape index (κ3) is 5.10. The van der Waals surface area contributed by atoms with Crippen LogP contribution in [-0.4, -0.2) is 44.9 Å². The zero-order chi connectivity index (χ0) is 14.4. The highest BCUT2D eigenvalue weighted by atomic mass is 28.4. The number of hydrogen-bond acceptors (Lipinski definition) is 4. The van der Waals surface area contributed by atoms with Gasteiger partial charge in [0.15, 0.2) is 0 Å². The summed E-state index contributed by atoms with van der Waals surface area (Å²) in [5.74, 6) is 0. The standard InChI is InChI=1S/C12H31NO3Si2/c1-12(2,3)17(7,8)13-10-9-11-18(14-4,15-5)16-6/h13H,9-11H2,1-8H3. The SMILES string of the molecule is CO[Si](CCCN[Si](C)(C)C(C)(C)C)(OC)OC. The van der Waals surface area contributed by atoms with Crippen molar-refractivity contribution in [3.05, 3.63) is 0 Å². The molecule has 0 spiro atoms. The fourth-order valence-electron chi connectivity index (χ4n) is 1.53. The normalized spacial score (nSPS) is 14.0. The lowest BCUT2D eigenvalue weighted by atomic mass is 10.2. The Labute approximate surface area is 115 Å². The first-order valence-electron chi connectivity index (χ1n) is 6.54. The average molecular weight is 294 g/mol. The highest BCUT2D eigenvalue weighted by Crippen LogP contribution is 2.33. The Hall–Kier alpha value is 0.274. The predicted octanol–water partition coefficient (Wildman–Crippen LogP) is 2.85. The highest BCUT2D eigenvalue weighted by molar-refractivity contribution is 6.77. The molecule has 0 amide bonds. The third-order valence-electron chi connectivity index (χ3n) is 4.03. The molecule has 0 unspecified atom stereocenters. The van der Waals surface area contributed by atoms with Gasteiger partial charge in [0.1, 0.15) is 8.24 Å². The molecule has 18 heavy (non-hydrogen) atoms. The van der Waals surface area contributed by atoms with Crippen LogP contribution in [0.15, 0.2) is 0 Å². The first kappa shape index (κ1) is 18.3. The van der Waals surface area contributed by atoms with Gasteiger partial charge in [-0.3, -0.25) is 0 Å². The Morgan fingerprint density at radius 3 is 1.72 bits per heavy atom. The van der Waals surface area contributed by atoms with Gasteiger partial charge in [-0.2, -0.15) is 0 Å². The van der Waals surface area contributed by atoms with E-state index in [2.05, 4.69) is 38.8 Å². The van der Waals surface area contributed by atoms with E-state index in [0.717, 1.165) is 19.0 Å². The summed E-state index contributed by atoms with van der Waals surface area (Å²) in [6.45, 7) is 12.7. The Balaban J connectivity index is 4.14. The molecule has 0 aromatic rings. The van der Waals surface area contributed by atoms with Crippen molar-refractivity contribution in [1.29, 1.82) is 0 Å². The average Bonchev–Trinajstić information content (AvgIpc) is 2.29. The lowest BCUT2D eigenvalue weighted by molar-refractivity contribution is 0.123. The summed E-state index contributed by atoms with van der Waals surface area (Å²) in [5.41, 5.74) is 0. The zero-order valence-electron chi connectivity index (χ0n) is 13.3. The first-order chi connectivity index (χ1) is 8.14. The molecule has 0 aliphatic rings. The fourth-order valence-corrected chi connectivity index (χ4v) is 4.58. The van der Waals surface area contributed by atoms with E-state index in [1.165, 1.54) is 0 Å². The Bertz CT molecular complexity index is 226. The van der Waals surface area contributed by atoms with Crippen molar-refractivity contribution in [3.63, 3.8) is 0 Å². The molecule has 1 N–H and O–H groups in total. The van der Waals surface area contributed by atoms with Crippen LogP contribution in [0.4, 0.5) is 0 Å². The summed E-state index contributed by atoms with van der Waals surface area (Å²) in [7, 11) is 1.23. The zero-order valence-corrected chi connectivity index (χ0v) is 15.3. The van der Waals surface area contributed by atoms with Crippen molar-refractivity contribution in [2.24, 2.45) is 0 Å². The van der Waals surface area contributed by atoms with Crippen molar-refractivity contribution >= 4 is 17.0 Å². The highest BCUT2D eigenvalue weighted by Gasteiger charge is 2.38. The summed E-state index contributed by atoms with van der Waals surface area (Å²) in [5, 5.41) is 0.366. The summed E-state index contributed by atoms with van der Waals surface area (Å²) in [6, 6.07) is 0.859. The van der Waals surface area contributed by atoms with Crippen LogP contribution in [0.3, 0.4) is 0 Å². The molecule has 6 heteroatoms. The second-order valence-electron chi connectivity index (χ2n) is 6.20. The van der Waals surface area contributed by atoms with Crippen LogP contribution in [0.1, 0.15) is 27.2 Å². The van der Waals surface area contributed by atoms with E-state index in [1.54, 1.807) is 21.3 Å². The van der Waals surface area contributed by atoms with Crippen LogP contribution < -0.4 is 4.98 Å². The Morgan fingerprint density at radius 2 is 1.39 bits per heavy atom. The van der Waals surface area contributed by atoms with Gasteiger partial charge in [-0.1, -0.05) is 33.9 Å². The molecule has 0 saturated carbocycles. The Kier molecular flexibility index (Phi) is 7.27. The lowest BCUT2D eigenvalue weighted by Gasteiger charge is -2.37. The van der Waals surface area contributed by atoms with Gasteiger partial charge in [0.25, 0.3) is 0 Å². The minimum Gasteiger partial charge on any atom is -0.377 e. The van der Waals surface area contributed by atoms with E-state index in [-0.39, 0.29) is 0 Å².